The van der Waals surface area contributed by atoms with Crippen LogP contribution in [0, 0.1) is 6.92 Å². The molecule has 0 aliphatic carbocycles. The average molecular weight is 374 g/mol. The Balaban J connectivity index is 1.40. The van der Waals surface area contributed by atoms with E-state index in [0.717, 1.165) is 30.9 Å². The normalized spacial score (nSPS) is 18.1. The van der Waals surface area contributed by atoms with Crippen molar-refractivity contribution < 1.29 is 4.79 Å². The van der Waals surface area contributed by atoms with Gasteiger partial charge in [0.15, 0.2) is 5.69 Å². The lowest BCUT2D eigenvalue weighted by Gasteiger charge is -2.24. The second kappa shape index (κ2) is 7.98. The number of nitrogens with one attached hydrogen (secondary N) is 1. The van der Waals surface area contributed by atoms with Crippen LogP contribution in [0.5, 0.6) is 0 Å². The molecule has 4 rings (SSSR count). The Morgan fingerprint density at radius 3 is 2.50 bits per heavy atom. The lowest BCUT2D eigenvalue weighted by molar-refractivity contribution is 0.0931. The maximum atomic E-state index is 12.7. The Bertz CT molecular complexity index is 936. The number of nitrogens with zero attached hydrogens (tertiary/aromatic N) is 3. The van der Waals surface area contributed by atoms with Crippen molar-refractivity contribution in [2.45, 2.75) is 32.4 Å². The molecule has 0 radical (unpaired) electrons. The van der Waals surface area contributed by atoms with E-state index in [1.807, 2.05) is 54.1 Å². The maximum absolute atomic E-state index is 12.7. The number of aryl methyl sites for hydroxylation is 1. The number of hydrogen-bond acceptors (Lipinski definition) is 3. The minimum absolute atomic E-state index is 0.100. The Labute approximate surface area is 166 Å². The van der Waals surface area contributed by atoms with Crippen LogP contribution in [0.3, 0.4) is 0 Å². The molecule has 1 fully saturated rings. The number of rotatable bonds is 5. The molecule has 1 aromatic heterocycles. The third kappa shape index (κ3) is 3.85. The van der Waals surface area contributed by atoms with Crippen LogP contribution in [0.25, 0.3) is 5.69 Å². The number of aromatic nitrogens is 2. The van der Waals surface area contributed by atoms with E-state index in [2.05, 4.69) is 46.5 Å². The van der Waals surface area contributed by atoms with Crippen LogP contribution in [-0.2, 0) is 0 Å². The fourth-order valence-corrected chi connectivity index (χ4v) is 3.87. The molecule has 144 valence electrons. The van der Waals surface area contributed by atoms with Gasteiger partial charge in [0.2, 0.25) is 0 Å². The molecule has 2 aromatic carbocycles. The van der Waals surface area contributed by atoms with Gasteiger partial charge in [0.05, 0.1) is 5.69 Å². The van der Waals surface area contributed by atoms with E-state index >= 15 is 0 Å². The SMILES string of the molecule is Cc1cc(C(=O)NC2CCN(C(C)c3ccccc3)C2)nn1-c1ccccc1. The van der Waals surface area contributed by atoms with E-state index < -0.39 is 0 Å². The third-order valence-electron chi connectivity index (χ3n) is 5.51. The lowest BCUT2D eigenvalue weighted by Crippen LogP contribution is -2.37. The summed E-state index contributed by atoms with van der Waals surface area (Å²) in [4.78, 5) is 15.2. The third-order valence-corrected chi connectivity index (χ3v) is 5.51. The van der Waals surface area contributed by atoms with Gasteiger partial charge in [-0.3, -0.25) is 9.69 Å². The molecule has 0 bridgehead atoms. The summed E-state index contributed by atoms with van der Waals surface area (Å²) < 4.78 is 1.81. The molecule has 3 aromatic rings. The number of para-hydroxylation sites is 1. The fourth-order valence-electron chi connectivity index (χ4n) is 3.87. The Morgan fingerprint density at radius 2 is 1.79 bits per heavy atom. The predicted molar refractivity (Wildman–Crippen MR) is 111 cm³/mol. The molecular formula is C23H26N4O. The molecule has 1 amide bonds. The quantitative estimate of drug-likeness (QED) is 0.740. The van der Waals surface area contributed by atoms with E-state index in [4.69, 9.17) is 0 Å². The van der Waals surface area contributed by atoms with Crippen LogP contribution in [-0.4, -0.2) is 39.7 Å². The second-order valence-electron chi connectivity index (χ2n) is 7.46. The first kappa shape index (κ1) is 18.4. The second-order valence-corrected chi connectivity index (χ2v) is 7.46. The van der Waals surface area contributed by atoms with Gasteiger partial charge in [-0.05, 0) is 44.0 Å². The Kier molecular flexibility index (Phi) is 5.26. The molecule has 2 heterocycles. The highest BCUT2D eigenvalue weighted by Gasteiger charge is 2.28. The molecule has 1 saturated heterocycles. The molecule has 2 atom stereocenters. The summed E-state index contributed by atoms with van der Waals surface area (Å²) in [6, 6.07) is 22.8. The fraction of sp³-hybridized carbons (Fsp3) is 0.304. The van der Waals surface area contributed by atoms with E-state index in [9.17, 15) is 4.79 Å². The van der Waals surface area contributed by atoms with Gasteiger partial charge in [0.1, 0.15) is 0 Å². The number of carbonyl (C=O) groups excluding carboxylic acids is 1. The van der Waals surface area contributed by atoms with Gasteiger partial charge in [-0.15, -0.1) is 0 Å². The van der Waals surface area contributed by atoms with Crippen LogP contribution in [0.1, 0.15) is 41.1 Å². The summed E-state index contributed by atoms with van der Waals surface area (Å²) in [5.74, 6) is -0.100. The van der Waals surface area contributed by atoms with Crippen molar-refractivity contribution in [3.63, 3.8) is 0 Å². The van der Waals surface area contributed by atoms with E-state index in [1.165, 1.54) is 5.56 Å². The predicted octanol–water partition coefficient (Wildman–Crippen LogP) is 3.75. The number of likely N-dealkylation sites (tertiary alicyclic amines) is 1. The summed E-state index contributed by atoms with van der Waals surface area (Å²) >= 11 is 0. The Hall–Kier alpha value is -2.92. The summed E-state index contributed by atoms with van der Waals surface area (Å²) in [5.41, 5.74) is 3.69. The van der Waals surface area contributed by atoms with Crippen molar-refractivity contribution in [2.75, 3.05) is 13.1 Å². The molecule has 0 spiro atoms. The first-order chi connectivity index (χ1) is 13.6. The van der Waals surface area contributed by atoms with Gasteiger partial charge in [-0.1, -0.05) is 48.5 Å². The van der Waals surface area contributed by atoms with Crippen LogP contribution in [0.4, 0.5) is 0 Å². The van der Waals surface area contributed by atoms with Gasteiger partial charge in [-0.25, -0.2) is 4.68 Å². The molecule has 0 saturated carbocycles. The van der Waals surface area contributed by atoms with Crippen LogP contribution in [0.2, 0.25) is 0 Å². The summed E-state index contributed by atoms with van der Waals surface area (Å²) in [5, 5.41) is 7.68. The van der Waals surface area contributed by atoms with Crippen LogP contribution >= 0.6 is 0 Å². The molecule has 5 nitrogen and oxygen atoms in total. The van der Waals surface area contributed by atoms with Crippen molar-refractivity contribution in [1.82, 2.24) is 20.0 Å². The van der Waals surface area contributed by atoms with Crippen molar-refractivity contribution in [3.05, 3.63) is 83.7 Å². The van der Waals surface area contributed by atoms with Crippen molar-refractivity contribution in [3.8, 4) is 5.69 Å². The molecule has 1 aliphatic heterocycles. The number of carbonyl (C=O) groups is 1. The van der Waals surface area contributed by atoms with E-state index in [0.29, 0.717) is 11.7 Å². The number of hydrogen-bond donors (Lipinski definition) is 1. The molecule has 5 heteroatoms. The largest absolute Gasteiger partial charge is 0.347 e. The van der Waals surface area contributed by atoms with Gasteiger partial charge < -0.3 is 5.32 Å². The van der Waals surface area contributed by atoms with Crippen molar-refractivity contribution >= 4 is 5.91 Å². The van der Waals surface area contributed by atoms with Crippen LogP contribution < -0.4 is 5.32 Å². The van der Waals surface area contributed by atoms with Crippen LogP contribution in [0.15, 0.2) is 66.7 Å². The number of amides is 1. The topological polar surface area (TPSA) is 50.2 Å². The minimum atomic E-state index is -0.100. The first-order valence-corrected chi connectivity index (χ1v) is 9.84. The van der Waals surface area contributed by atoms with E-state index in [1.54, 1.807) is 0 Å². The highest BCUT2D eigenvalue weighted by molar-refractivity contribution is 5.92. The zero-order valence-corrected chi connectivity index (χ0v) is 16.4. The highest BCUT2D eigenvalue weighted by Crippen LogP contribution is 2.24. The van der Waals surface area contributed by atoms with Gasteiger partial charge in [-0.2, -0.15) is 5.10 Å². The summed E-state index contributed by atoms with van der Waals surface area (Å²) in [6.07, 6.45) is 0.960. The zero-order chi connectivity index (χ0) is 19.5. The molecule has 1 N–H and O–H groups in total. The lowest BCUT2D eigenvalue weighted by atomic mass is 10.1. The smallest absolute Gasteiger partial charge is 0.272 e. The van der Waals surface area contributed by atoms with Gasteiger partial charge in [0.25, 0.3) is 5.91 Å². The zero-order valence-electron chi connectivity index (χ0n) is 16.4. The summed E-state index contributed by atoms with van der Waals surface area (Å²) in [7, 11) is 0. The monoisotopic (exact) mass is 374 g/mol. The summed E-state index contributed by atoms with van der Waals surface area (Å²) in [6.45, 7) is 6.04. The van der Waals surface area contributed by atoms with Crippen molar-refractivity contribution in [1.29, 1.82) is 0 Å². The van der Waals surface area contributed by atoms with E-state index in [-0.39, 0.29) is 11.9 Å². The molecule has 2 unspecified atom stereocenters. The number of benzene rings is 2. The Morgan fingerprint density at radius 1 is 1.11 bits per heavy atom. The van der Waals surface area contributed by atoms with Gasteiger partial charge in [0, 0.05) is 30.9 Å². The standard InChI is InChI=1S/C23H26N4O/c1-17-15-22(25-27(17)21-11-7-4-8-12-21)23(28)24-20-13-14-26(16-20)18(2)19-9-5-3-6-10-19/h3-12,15,18,20H,13-14,16H2,1-2H3,(H,24,28). The average Bonchev–Trinajstić information content (AvgIpc) is 3.35. The first-order valence-electron chi connectivity index (χ1n) is 9.84. The van der Waals surface area contributed by atoms with Crippen molar-refractivity contribution in [2.24, 2.45) is 0 Å². The molecule has 28 heavy (non-hydrogen) atoms. The molecular weight excluding hydrogens is 348 g/mol. The highest BCUT2D eigenvalue weighted by atomic mass is 16.2. The molecule has 1 aliphatic rings. The maximum Gasteiger partial charge on any atom is 0.272 e. The minimum Gasteiger partial charge on any atom is -0.347 e. The van der Waals surface area contributed by atoms with Gasteiger partial charge >= 0.3 is 0 Å².